The predicted molar refractivity (Wildman–Crippen MR) is 51.3 cm³/mol. The number of hydrogen-bond donors (Lipinski definition) is 0. The van der Waals surface area contributed by atoms with Gasteiger partial charge in [0.25, 0.3) is 0 Å². The molecule has 0 N–H and O–H groups in total. The van der Waals surface area contributed by atoms with Crippen LogP contribution < -0.4 is 4.74 Å². The summed E-state index contributed by atoms with van der Waals surface area (Å²) in [5.74, 6) is -2.88. The van der Waals surface area contributed by atoms with Gasteiger partial charge in [-0.1, -0.05) is 0 Å². The van der Waals surface area contributed by atoms with Gasteiger partial charge in [0.1, 0.15) is 0 Å². The summed E-state index contributed by atoms with van der Waals surface area (Å²) in [6.45, 7) is 1.34. The number of carbonyl (C=O) groups excluding carboxylic acids is 1. The summed E-state index contributed by atoms with van der Waals surface area (Å²) < 4.78 is 57.1. The Kier molecular flexibility index (Phi) is 4.10. The van der Waals surface area contributed by atoms with Crippen LogP contribution in [0.15, 0.2) is 6.07 Å². The van der Waals surface area contributed by atoms with Crippen molar-refractivity contribution >= 4 is 5.97 Å². The van der Waals surface area contributed by atoms with Gasteiger partial charge in [-0.05, 0) is 18.6 Å². The zero-order chi connectivity index (χ0) is 13.9. The molecule has 8 heteroatoms. The molecule has 0 aliphatic rings. The first kappa shape index (κ1) is 14.2. The fraction of sp³-hybridized carbons (Fsp3) is 0.400. The molecule has 1 aromatic heterocycles. The molecule has 18 heavy (non-hydrogen) atoms. The molecule has 0 radical (unpaired) electrons. The zero-order valence-electron chi connectivity index (χ0n) is 9.47. The van der Waals surface area contributed by atoms with Crippen molar-refractivity contribution in [1.82, 2.24) is 4.98 Å². The molecule has 4 nitrogen and oxygen atoms in total. The molecule has 1 rings (SSSR count). The average Bonchev–Trinajstić information content (AvgIpc) is 2.20. The third-order valence-electron chi connectivity index (χ3n) is 2.04. The van der Waals surface area contributed by atoms with E-state index >= 15 is 0 Å². The molecule has 1 aromatic rings. The number of ether oxygens (including phenoxy) is 2. The number of aromatic nitrogens is 1. The van der Waals surface area contributed by atoms with E-state index in [1.165, 1.54) is 6.92 Å². The van der Waals surface area contributed by atoms with Crippen molar-refractivity contribution in [3.05, 3.63) is 23.1 Å². The van der Waals surface area contributed by atoms with E-state index in [1.54, 1.807) is 0 Å². The van der Waals surface area contributed by atoms with Crippen molar-refractivity contribution in [3.63, 3.8) is 0 Å². The van der Waals surface area contributed by atoms with Crippen LogP contribution in [0.4, 0.5) is 17.6 Å². The first-order valence-electron chi connectivity index (χ1n) is 4.71. The Hall–Kier alpha value is -1.86. The molecular formula is C10H9F4NO3. The second-order valence-corrected chi connectivity index (χ2v) is 3.35. The number of methoxy groups -OCH3 is 1. The van der Waals surface area contributed by atoms with Crippen molar-refractivity contribution < 1.29 is 31.8 Å². The second-order valence-electron chi connectivity index (χ2n) is 3.35. The average molecular weight is 267 g/mol. The van der Waals surface area contributed by atoms with E-state index in [0.717, 1.165) is 13.2 Å². The fourth-order valence-corrected chi connectivity index (χ4v) is 1.26. The number of aryl methyl sites for hydroxylation is 1. The minimum atomic E-state index is -5.02. The number of hydrogen-bond acceptors (Lipinski definition) is 4. The summed E-state index contributed by atoms with van der Waals surface area (Å²) in [6.07, 6.45) is -5.50. The Balaban J connectivity index is 3.16. The van der Waals surface area contributed by atoms with E-state index in [0.29, 0.717) is 0 Å². The third-order valence-corrected chi connectivity index (χ3v) is 2.04. The largest absolute Gasteiger partial charge is 0.574 e. The van der Waals surface area contributed by atoms with E-state index < -0.39 is 30.6 Å². The SMILES string of the molecule is COC(=O)Cc1c(C)cc(F)nc1OC(F)(F)F. The summed E-state index contributed by atoms with van der Waals surface area (Å²) in [4.78, 5) is 14.0. The Morgan fingerprint density at radius 2 is 2.06 bits per heavy atom. The number of halogens is 4. The number of carbonyl (C=O) groups is 1. The Morgan fingerprint density at radius 3 is 2.56 bits per heavy atom. The second kappa shape index (κ2) is 5.19. The lowest BCUT2D eigenvalue weighted by molar-refractivity contribution is -0.276. The summed E-state index contributed by atoms with van der Waals surface area (Å²) in [5, 5.41) is 0. The molecule has 0 saturated carbocycles. The third kappa shape index (κ3) is 3.86. The van der Waals surface area contributed by atoms with Gasteiger partial charge in [-0.25, -0.2) is 0 Å². The van der Waals surface area contributed by atoms with Crippen LogP contribution in [0.25, 0.3) is 0 Å². The summed E-state index contributed by atoms with van der Waals surface area (Å²) in [5.41, 5.74) is -0.0484. The predicted octanol–water partition coefficient (Wildman–Crippen LogP) is 2.14. The molecule has 0 saturated heterocycles. The number of nitrogens with zero attached hydrogens (tertiary/aromatic N) is 1. The first-order chi connectivity index (χ1) is 8.23. The molecule has 0 bridgehead atoms. The molecule has 0 aliphatic heterocycles. The van der Waals surface area contributed by atoms with E-state index in [-0.39, 0.29) is 11.1 Å². The normalized spacial score (nSPS) is 11.2. The highest BCUT2D eigenvalue weighted by molar-refractivity contribution is 5.73. The van der Waals surface area contributed by atoms with Crippen molar-refractivity contribution in [2.24, 2.45) is 0 Å². The molecule has 0 amide bonds. The maximum Gasteiger partial charge on any atom is 0.574 e. The van der Waals surface area contributed by atoms with Crippen LogP contribution in [0.3, 0.4) is 0 Å². The molecule has 0 spiro atoms. The maximum atomic E-state index is 12.9. The van der Waals surface area contributed by atoms with Gasteiger partial charge in [0.05, 0.1) is 13.5 Å². The van der Waals surface area contributed by atoms with Crippen LogP contribution in [0.2, 0.25) is 0 Å². The molecule has 0 aromatic carbocycles. The Bertz CT molecular complexity index is 459. The van der Waals surface area contributed by atoms with Crippen LogP contribution in [-0.2, 0) is 16.0 Å². The standard InChI is InChI=1S/C10H9F4NO3/c1-5-3-7(11)15-9(18-10(12,13)14)6(5)4-8(16)17-2/h3H,4H2,1-2H3. The number of pyridine rings is 1. The van der Waals surface area contributed by atoms with Crippen molar-refractivity contribution in [2.45, 2.75) is 19.7 Å². The van der Waals surface area contributed by atoms with E-state index in [1.807, 2.05) is 0 Å². The highest BCUT2D eigenvalue weighted by Gasteiger charge is 2.34. The van der Waals surface area contributed by atoms with Crippen LogP contribution in [0.5, 0.6) is 5.88 Å². The van der Waals surface area contributed by atoms with Gasteiger partial charge in [-0.15, -0.1) is 13.2 Å². The smallest absolute Gasteiger partial charge is 0.469 e. The molecule has 1 heterocycles. The van der Waals surface area contributed by atoms with Crippen molar-refractivity contribution in [2.75, 3.05) is 7.11 Å². The molecular weight excluding hydrogens is 258 g/mol. The lowest BCUT2D eigenvalue weighted by Crippen LogP contribution is -2.20. The van der Waals surface area contributed by atoms with Gasteiger partial charge in [0.15, 0.2) is 0 Å². The lowest BCUT2D eigenvalue weighted by Gasteiger charge is -2.13. The number of alkyl halides is 3. The number of esters is 1. The van der Waals surface area contributed by atoms with Gasteiger partial charge in [0.2, 0.25) is 11.8 Å². The first-order valence-corrected chi connectivity index (χ1v) is 4.71. The monoisotopic (exact) mass is 267 g/mol. The van der Waals surface area contributed by atoms with E-state index in [2.05, 4.69) is 14.5 Å². The minimum Gasteiger partial charge on any atom is -0.469 e. The molecule has 0 fully saturated rings. The lowest BCUT2D eigenvalue weighted by atomic mass is 10.1. The molecule has 0 aliphatic carbocycles. The summed E-state index contributed by atoms with van der Waals surface area (Å²) in [6, 6.07) is 0.904. The maximum absolute atomic E-state index is 12.9. The molecule has 0 unspecified atom stereocenters. The van der Waals surface area contributed by atoms with Crippen LogP contribution in [-0.4, -0.2) is 24.4 Å². The van der Waals surface area contributed by atoms with Gasteiger partial charge < -0.3 is 9.47 Å². The Morgan fingerprint density at radius 1 is 1.44 bits per heavy atom. The molecule has 100 valence electrons. The zero-order valence-corrected chi connectivity index (χ0v) is 9.47. The van der Waals surface area contributed by atoms with Gasteiger partial charge in [0, 0.05) is 5.56 Å². The van der Waals surface area contributed by atoms with Crippen LogP contribution >= 0.6 is 0 Å². The topological polar surface area (TPSA) is 48.4 Å². The Labute approximate surface area is 99.5 Å². The number of rotatable bonds is 3. The van der Waals surface area contributed by atoms with E-state index in [4.69, 9.17) is 0 Å². The van der Waals surface area contributed by atoms with Gasteiger partial charge in [-0.3, -0.25) is 4.79 Å². The highest BCUT2D eigenvalue weighted by atomic mass is 19.4. The van der Waals surface area contributed by atoms with Crippen molar-refractivity contribution in [3.8, 4) is 5.88 Å². The fourth-order valence-electron chi connectivity index (χ4n) is 1.26. The van der Waals surface area contributed by atoms with Crippen LogP contribution in [0, 0.1) is 12.9 Å². The summed E-state index contributed by atoms with van der Waals surface area (Å²) in [7, 11) is 1.08. The van der Waals surface area contributed by atoms with Crippen molar-refractivity contribution in [1.29, 1.82) is 0 Å². The van der Waals surface area contributed by atoms with Gasteiger partial charge in [-0.2, -0.15) is 9.37 Å². The summed E-state index contributed by atoms with van der Waals surface area (Å²) >= 11 is 0. The van der Waals surface area contributed by atoms with Crippen LogP contribution in [0.1, 0.15) is 11.1 Å². The van der Waals surface area contributed by atoms with E-state index in [9.17, 15) is 22.4 Å². The molecule has 0 atom stereocenters. The highest BCUT2D eigenvalue weighted by Crippen LogP contribution is 2.27. The van der Waals surface area contributed by atoms with Gasteiger partial charge >= 0.3 is 12.3 Å². The quantitative estimate of drug-likeness (QED) is 0.478. The minimum absolute atomic E-state index is 0.118.